The number of nitrogens with one attached hydrogen (secondary N) is 2. The Labute approximate surface area is 190 Å². The molecular weight excluding hydrogens is 434 g/mol. The molecule has 1 fully saturated rings. The van der Waals surface area contributed by atoms with E-state index in [2.05, 4.69) is 14.9 Å². The second-order valence-electron chi connectivity index (χ2n) is 7.99. The lowest BCUT2D eigenvalue weighted by Gasteiger charge is -2.19. The van der Waals surface area contributed by atoms with Gasteiger partial charge in [0.2, 0.25) is 0 Å². The van der Waals surface area contributed by atoms with Gasteiger partial charge in [0.25, 0.3) is 15.9 Å². The van der Waals surface area contributed by atoms with Crippen LogP contribution in [0.4, 0.5) is 5.69 Å². The Balaban J connectivity index is 1.60. The molecular formula is C23H30ClN3O3S. The highest BCUT2D eigenvalue weighted by Gasteiger charge is 2.20. The predicted molar refractivity (Wildman–Crippen MR) is 125 cm³/mol. The smallest absolute Gasteiger partial charge is 0.263 e. The van der Waals surface area contributed by atoms with E-state index in [4.69, 9.17) is 11.6 Å². The molecule has 0 spiro atoms. The molecule has 0 atom stereocenters. The number of rotatable bonds is 8. The minimum atomic E-state index is -3.93. The number of nitrogens with zero attached hydrogens (tertiary/aromatic N) is 1. The summed E-state index contributed by atoms with van der Waals surface area (Å²) in [6.45, 7) is 5.63. The van der Waals surface area contributed by atoms with E-state index in [0.717, 1.165) is 31.6 Å². The molecule has 0 aliphatic carbocycles. The molecule has 0 radical (unpaired) electrons. The van der Waals surface area contributed by atoms with E-state index in [1.54, 1.807) is 18.2 Å². The molecule has 6 nitrogen and oxygen atoms in total. The molecule has 168 valence electrons. The van der Waals surface area contributed by atoms with E-state index < -0.39 is 10.0 Å². The van der Waals surface area contributed by atoms with E-state index in [0.29, 0.717) is 12.2 Å². The third kappa shape index (κ3) is 6.95. The zero-order chi connectivity index (χ0) is 22.3. The first-order chi connectivity index (χ1) is 14.8. The van der Waals surface area contributed by atoms with Gasteiger partial charge in [0, 0.05) is 17.8 Å². The summed E-state index contributed by atoms with van der Waals surface area (Å²) in [6, 6.07) is 11.3. The van der Waals surface area contributed by atoms with Crippen LogP contribution in [0.5, 0.6) is 0 Å². The molecule has 1 aliphatic heterocycles. The molecule has 2 aromatic rings. The molecule has 0 unspecified atom stereocenters. The van der Waals surface area contributed by atoms with Crippen molar-refractivity contribution >= 4 is 33.2 Å². The van der Waals surface area contributed by atoms with Gasteiger partial charge in [-0.1, -0.05) is 36.6 Å². The summed E-state index contributed by atoms with van der Waals surface area (Å²) >= 11 is 6.15. The van der Waals surface area contributed by atoms with Crippen molar-refractivity contribution in [3.05, 3.63) is 58.6 Å². The van der Waals surface area contributed by atoms with Crippen molar-refractivity contribution in [2.45, 2.75) is 43.9 Å². The first-order valence-corrected chi connectivity index (χ1v) is 12.6. The topological polar surface area (TPSA) is 78.5 Å². The molecule has 3 rings (SSSR count). The van der Waals surface area contributed by atoms with Crippen LogP contribution in [0.3, 0.4) is 0 Å². The van der Waals surface area contributed by atoms with Gasteiger partial charge < -0.3 is 10.2 Å². The highest BCUT2D eigenvalue weighted by Crippen LogP contribution is 2.25. The number of hydrogen-bond acceptors (Lipinski definition) is 4. The van der Waals surface area contributed by atoms with Crippen LogP contribution in [0.1, 0.15) is 48.0 Å². The van der Waals surface area contributed by atoms with E-state index in [9.17, 15) is 13.2 Å². The van der Waals surface area contributed by atoms with E-state index in [1.807, 2.05) is 13.0 Å². The summed E-state index contributed by atoms with van der Waals surface area (Å²) in [5.41, 5.74) is 1.64. The Bertz CT molecular complexity index is 1000. The van der Waals surface area contributed by atoms with Crippen molar-refractivity contribution in [1.29, 1.82) is 0 Å². The van der Waals surface area contributed by atoms with Crippen LogP contribution >= 0.6 is 11.6 Å². The van der Waals surface area contributed by atoms with Crippen molar-refractivity contribution < 1.29 is 13.2 Å². The Hall–Kier alpha value is -2.09. The van der Waals surface area contributed by atoms with E-state index in [-0.39, 0.29) is 21.4 Å². The van der Waals surface area contributed by atoms with Crippen molar-refractivity contribution in [2.24, 2.45) is 0 Å². The monoisotopic (exact) mass is 463 g/mol. The van der Waals surface area contributed by atoms with E-state index >= 15 is 0 Å². The second-order valence-corrected chi connectivity index (χ2v) is 10.0. The number of carbonyl (C=O) groups excluding carboxylic acids is 1. The quantitative estimate of drug-likeness (QED) is 0.567. The lowest BCUT2D eigenvalue weighted by molar-refractivity contribution is 0.0951. The van der Waals surface area contributed by atoms with Gasteiger partial charge in [0.1, 0.15) is 4.90 Å². The van der Waals surface area contributed by atoms with Crippen molar-refractivity contribution in [1.82, 2.24) is 10.2 Å². The molecule has 0 aromatic heterocycles. The number of amides is 1. The normalized spacial score (nSPS) is 15.3. The number of sulfonamides is 1. The Morgan fingerprint density at radius 1 is 1.06 bits per heavy atom. The molecule has 31 heavy (non-hydrogen) atoms. The van der Waals surface area contributed by atoms with Crippen molar-refractivity contribution in [3.63, 3.8) is 0 Å². The predicted octanol–water partition coefficient (Wildman–Crippen LogP) is 4.45. The summed E-state index contributed by atoms with van der Waals surface area (Å²) in [6.07, 6.45) is 5.94. The van der Waals surface area contributed by atoms with Crippen LogP contribution in [0.25, 0.3) is 0 Å². The summed E-state index contributed by atoms with van der Waals surface area (Å²) in [4.78, 5) is 14.9. The third-order valence-electron chi connectivity index (χ3n) is 5.39. The number of benzene rings is 2. The van der Waals surface area contributed by atoms with Gasteiger partial charge >= 0.3 is 0 Å². The molecule has 2 aromatic carbocycles. The highest BCUT2D eigenvalue weighted by atomic mass is 35.5. The number of carbonyl (C=O) groups is 1. The van der Waals surface area contributed by atoms with Crippen LogP contribution in [0, 0.1) is 6.92 Å². The zero-order valence-corrected chi connectivity index (χ0v) is 19.4. The maximum atomic E-state index is 12.8. The Morgan fingerprint density at radius 2 is 1.81 bits per heavy atom. The molecule has 0 saturated carbocycles. The van der Waals surface area contributed by atoms with Gasteiger partial charge in [-0.25, -0.2) is 8.42 Å². The van der Waals surface area contributed by atoms with Crippen LogP contribution in [-0.2, 0) is 10.0 Å². The fourth-order valence-corrected chi connectivity index (χ4v) is 5.31. The summed E-state index contributed by atoms with van der Waals surface area (Å²) in [7, 11) is -3.93. The first kappa shape index (κ1) is 23.6. The molecule has 1 amide bonds. The standard InChI is InChI=1S/C23H30ClN3O3S/c1-18-8-6-9-20(16-18)26-31(29,30)22-17-19(10-11-21(22)24)23(28)25-12-7-15-27-13-4-2-3-5-14-27/h6,8-11,16-17,26H,2-5,7,12-15H2,1H3,(H,25,28). The zero-order valence-electron chi connectivity index (χ0n) is 17.9. The lowest BCUT2D eigenvalue weighted by atomic mass is 10.2. The summed E-state index contributed by atoms with van der Waals surface area (Å²) in [5.74, 6) is -0.306. The fourth-order valence-electron chi connectivity index (χ4n) is 3.74. The number of hydrogen-bond donors (Lipinski definition) is 2. The number of aryl methyl sites for hydroxylation is 1. The number of halogens is 1. The van der Waals surface area contributed by atoms with Gasteiger partial charge in [0.05, 0.1) is 5.02 Å². The molecule has 0 bridgehead atoms. The van der Waals surface area contributed by atoms with Crippen LogP contribution in [-0.4, -0.2) is 45.4 Å². The lowest BCUT2D eigenvalue weighted by Crippen LogP contribution is -2.30. The molecule has 8 heteroatoms. The largest absolute Gasteiger partial charge is 0.352 e. The summed E-state index contributed by atoms with van der Waals surface area (Å²) < 4.78 is 28.2. The van der Waals surface area contributed by atoms with Crippen molar-refractivity contribution in [2.75, 3.05) is 30.9 Å². The third-order valence-corrected chi connectivity index (χ3v) is 7.25. The van der Waals surface area contributed by atoms with Gasteiger partial charge in [-0.15, -0.1) is 0 Å². The van der Waals surface area contributed by atoms with E-state index in [1.165, 1.54) is 43.9 Å². The molecule has 2 N–H and O–H groups in total. The van der Waals surface area contributed by atoms with Gasteiger partial charge in [-0.05, 0) is 81.7 Å². The Kier molecular flexibility index (Phi) is 8.35. The minimum absolute atomic E-state index is 0.0675. The van der Waals surface area contributed by atoms with Crippen LogP contribution in [0.2, 0.25) is 5.02 Å². The van der Waals surface area contributed by atoms with Gasteiger partial charge in [-0.2, -0.15) is 0 Å². The fraction of sp³-hybridized carbons (Fsp3) is 0.435. The van der Waals surface area contributed by atoms with Crippen LogP contribution in [0.15, 0.2) is 47.4 Å². The Morgan fingerprint density at radius 3 is 2.52 bits per heavy atom. The maximum Gasteiger partial charge on any atom is 0.263 e. The molecule has 1 heterocycles. The number of likely N-dealkylation sites (tertiary alicyclic amines) is 1. The number of anilines is 1. The molecule has 1 saturated heterocycles. The van der Waals surface area contributed by atoms with Crippen LogP contribution < -0.4 is 10.0 Å². The average Bonchev–Trinajstić information content (AvgIpc) is 3.00. The average molecular weight is 464 g/mol. The summed E-state index contributed by atoms with van der Waals surface area (Å²) in [5, 5.41) is 2.95. The molecule has 1 aliphatic rings. The second kappa shape index (κ2) is 11.0. The van der Waals surface area contributed by atoms with Crippen molar-refractivity contribution in [3.8, 4) is 0 Å². The SMILES string of the molecule is Cc1cccc(NS(=O)(=O)c2cc(C(=O)NCCCN3CCCCCC3)ccc2Cl)c1. The van der Waals surface area contributed by atoms with Gasteiger partial charge in [0.15, 0.2) is 0 Å². The minimum Gasteiger partial charge on any atom is -0.352 e. The first-order valence-electron chi connectivity index (χ1n) is 10.7. The maximum absolute atomic E-state index is 12.8. The van der Waals surface area contributed by atoms with Gasteiger partial charge in [-0.3, -0.25) is 9.52 Å². The highest BCUT2D eigenvalue weighted by molar-refractivity contribution is 7.92.